The quantitative estimate of drug-likeness (QED) is 0.346. The van der Waals surface area contributed by atoms with Gasteiger partial charge in [0.25, 0.3) is 6.69 Å². The van der Waals surface area contributed by atoms with Gasteiger partial charge < -0.3 is 0 Å². The van der Waals surface area contributed by atoms with Gasteiger partial charge in [0.1, 0.15) is 0 Å². The van der Waals surface area contributed by atoms with Crippen LogP contribution in [0.4, 0.5) is 0 Å². The molecule has 0 aliphatic heterocycles. The maximum atomic E-state index is 5.85. The van der Waals surface area contributed by atoms with Crippen molar-refractivity contribution in [2.75, 3.05) is 0 Å². The fraction of sp³-hybridized carbons (Fsp3) is 0.600. The van der Waals surface area contributed by atoms with Crippen LogP contribution in [0.15, 0.2) is 12.7 Å². The average Bonchev–Trinajstić information content (AvgIpc) is 1.67. The molecule has 0 unspecified atom stereocenters. The Kier molecular flexibility index (Phi) is 3.78. The SMILES string of the molecule is C=CC[Si](Cl)(Cl)CC. The normalized spacial score (nSPS) is 11.4. The van der Waals surface area contributed by atoms with Crippen molar-refractivity contribution in [3.05, 3.63) is 12.7 Å². The molecule has 0 amide bonds. The predicted octanol–water partition coefficient (Wildman–Crippen LogP) is 3.11. The van der Waals surface area contributed by atoms with Crippen LogP contribution >= 0.6 is 22.2 Å². The first-order valence-corrected chi connectivity index (χ1v) is 7.05. The van der Waals surface area contributed by atoms with E-state index in [1.54, 1.807) is 6.08 Å². The monoisotopic (exact) mass is 168 g/mol. The molecule has 0 aromatic heterocycles. The summed E-state index contributed by atoms with van der Waals surface area (Å²) in [4.78, 5) is 0. The standard InChI is InChI=1S/C5H10Cl2Si/c1-3-5-8(6,7)4-2/h3H,1,4-5H2,2H3. The van der Waals surface area contributed by atoms with Gasteiger partial charge in [-0.15, -0.1) is 28.7 Å². The van der Waals surface area contributed by atoms with Crippen molar-refractivity contribution >= 4 is 28.9 Å². The zero-order valence-corrected chi connectivity index (χ0v) is 7.47. The molecular formula is C5H10Cl2Si. The lowest BCUT2D eigenvalue weighted by atomic mass is 10.8. The highest BCUT2D eigenvalue weighted by molar-refractivity contribution is 7.45. The van der Waals surface area contributed by atoms with Crippen molar-refractivity contribution in [1.82, 2.24) is 0 Å². The highest BCUT2D eigenvalue weighted by atomic mass is 35.7. The maximum Gasteiger partial charge on any atom is 0.254 e. The van der Waals surface area contributed by atoms with Crippen molar-refractivity contribution in [3.63, 3.8) is 0 Å². The van der Waals surface area contributed by atoms with Crippen LogP contribution in [0.2, 0.25) is 12.1 Å². The molecule has 0 rings (SSSR count). The summed E-state index contributed by atoms with van der Waals surface area (Å²) >= 11 is 11.7. The van der Waals surface area contributed by atoms with E-state index in [1.807, 2.05) is 6.92 Å². The van der Waals surface area contributed by atoms with Gasteiger partial charge in [-0.3, -0.25) is 0 Å². The van der Waals surface area contributed by atoms with E-state index >= 15 is 0 Å². The molecule has 3 heteroatoms. The Balaban J connectivity index is 3.53. The minimum Gasteiger partial charge on any atom is -0.146 e. The van der Waals surface area contributed by atoms with Crippen LogP contribution in [0.1, 0.15) is 6.92 Å². The van der Waals surface area contributed by atoms with Crippen LogP contribution in [0.3, 0.4) is 0 Å². The highest BCUT2D eigenvalue weighted by Gasteiger charge is 2.22. The molecule has 0 bridgehead atoms. The summed E-state index contributed by atoms with van der Waals surface area (Å²) in [5, 5.41) is 0. The van der Waals surface area contributed by atoms with Crippen LogP contribution in [0.5, 0.6) is 0 Å². The summed E-state index contributed by atoms with van der Waals surface area (Å²) in [6.07, 6.45) is 1.79. The van der Waals surface area contributed by atoms with Crippen LogP contribution < -0.4 is 0 Å². The van der Waals surface area contributed by atoms with Crippen molar-refractivity contribution < 1.29 is 0 Å². The van der Waals surface area contributed by atoms with Crippen molar-refractivity contribution in [3.8, 4) is 0 Å². The summed E-state index contributed by atoms with van der Waals surface area (Å²) in [5.41, 5.74) is 0. The minimum absolute atomic E-state index is 0.798. The van der Waals surface area contributed by atoms with E-state index in [4.69, 9.17) is 22.2 Å². The van der Waals surface area contributed by atoms with E-state index in [2.05, 4.69) is 6.58 Å². The third-order valence-electron chi connectivity index (χ3n) is 0.960. The highest BCUT2D eigenvalue weighted by Crippen LogP contribution is 2.24. The van der Waals surface area contributed by atoms with E-state index in [0.29, 0.717) is 0 Å². The van der Waals surface area contributed by atoms with Gasteiger partial charge in [-0.2, -0.15) is 0 Å². The number of allylic oxidation sites excluding steroid dienone is 1. The second-order valence-electron chi connectivity index (χ2n) is 1.70. The summed E-state index contributed by atoms with van der Waals surface area (Å²) in [5.74, 6) is 0. The summed E-state index contributed by atoms with van der Waals surface area (Å²) in [7, 11) is 0. The molecule has 0 radical (unpaired) electrons. The number of halogens is 2. The van der Waals surface area contributed by atoms with E-state index in [1.165, 1.54) is 0 Å². The summed E-state index contributed by atoms with van der Waals surface area (Å²) in [6.45, 7) is 3.72. The first kappa shape index (κ1) is 8.54. The molecule has 0 aliphatic rings. The van der Waals surface area contributed by atoms with Crippen molar-refractivity contribution in [1.29, 1.82) is 0 Å². The minimum atomic E-state index is -1.85. The Bertz CT molecular complexity index is 80.5. The zero-order valence-electron chi connectivity index (χ0n) is 4.95. The number of hydrogen-bond acceptors (Lipinski definition) is 0. The van der Waals surface area contributed by atoms with Crippen molar-refractivity contribution in [2.24, 2.45) is 0 Å². The molecule has 0 atom stereocenters. The van der Waals surface area contributed by atoms with Gasteiger partial charge >= 0.3 is 0 Å². The van der Waals surface area contributed by atoms with E-state index in [9.17, 15) is 0 Å². The lowest BCUT2D eigenvalue weighted by molar-refractivity contribution is 1.40. The smallest absolute Gasteiger partial charge is 0.146 e. The van der Waals surface area contributed by atoms with Crippen molar-refractivity contribution in [2.45, 2.75) is 19.0 Å². The molecule has 8 heavy (non-hydrogen) atoms. The van der Waals surface area contributed by atoms with E-state index in [0.717, 1.165) is 12.1 Å². The fourth-order valence-electron chi connectivity index (χ4n) is 0.356. The topological polar surface area (TPSA) is 0 Å². The summed E-state index contributed by atoms with van der Waals surface area (Å²) in [6, 6.07) is 1.70. The fourth-order valence-corrected chi connectivity index (χ4v) is 1.72. The molecule has 0 nitrogen and oxygen atoms in total. The van der Waals surface area contributed by atoms with Gasteiger partial charge in [-0.05, 0) is 12.1 Å². The van der Waals surface area contributed by atoms with E-state index < -0.39 is 6.69 Å². The number of rotatable bonds is 3. The Morgan fingerprint density at radius 1 is 1.62 bits per heavy atom. The third kappa shape index (κ3) is 3.53. The molecule has 0 N–H and O–H groups in total. The average molecular weight is 169 g/mol. The third-order valence-corrected chi connectivity index (χ3v) is 5.41. The van der Waals surface area contributed by atoms with Gasteiger partial charge in [-0.1, -0.05) is 13.0 Å². The maximum absolute atomic E-state index is 5.85. The van der Waals surface area contributed by atoms with Crippen LogP contribution in [-0.4, -0.2) is 6.69 Å². The molecular weight excluding hydrogens is 159 g/mol. The Morgan fingerprint density at radius 3 is 2.25 bits per heavy atom. The molecule has 0 aromatic carbocycles. The molecule has 0 saturated carbocycles. The molecule has 0 fully saturated rings. The lowest BCUT2D eigenvalue weighted by Crippen LogP contribution is -2.14. The molecule has 0 spiro atoms. The first-order chi connectivity index (χ1) is 3.62. The largest absolute Gasteiger partial charge is 0.254 e. The van der Waals surface area contributed by atoms with Crippen LogP contribution in [0.25, 0.3) is 0 Å². The lowest BCUT2D eigenvalue weighted by Gasteiger charge is -2.08. The predicted molar refractivity (Wildman–Crippen MR) is 42.9 cm³/mol. The first-order valence-electron chi connectivity index (χ1n) is 2.61. The molecule has 0 heterocycles. The van der Waals surface area contributed by atoms with Crippen LogP contribution in [-0.2, 0) is 0 Å². The zero-order chi connectivity index (χ0) is 6.62. The Hall–Kier alpha value is 0.537. The summed E-state index contributed by atoms with van der Waals surface area (Å²) < 4.78 is 0. The molecule has 0 aliphatic carbocycles. The molecule has 0 saturated heterocycles. The second-order valence-corrected chi connectivity index (χ2v) is 9.45. The van der Waals surface area contributed by atoms with Gasteiger partial charge in [0.05, 0.1) is 0 Å². The molecule has 0 aromatic rings. The van der Waals surface area contributed by atoms with E-state index in [-0.39, 0.29) is 0 Å². The van der Waals surface area contributed by atoms with Gasteiger partial charge in [0.15, 0.2) is 0 Å². The van der Waals surface area contributed by atoms with Gasteiger partial charge in [-0.25, -0.2) is 0 Å². The number of hydrogen-bond donors (Lipinski definition) is 0. The van der Waals surface area contributed by atoms with Gasteiger partial charge in [0.2, 0.25) is 0 Å². The second kappa shape index (κ2) is 3.54. The molecule has 48 valence electrons. The van der Waals surface area contributed by atoms with Gasteiger partial charge in [0, 0.05) is 0 Å². The Labute approximate surface area is 60.9 Å². The Morgan fingerprint density at radius 2 is 2.12 bits per heavy atom. The van der Waals surface area contributed by atoms with Crippen LogP contribution in [0, 0.1) is 0 Å².